The molecular formula is C28H34ClN7O3. The van der Waals surface area contributed by atoms with E-state index >= 15 is 0 Å². The van der Waals surface area contributed by atoms with Crippen molar-refractivity contribution in [3.63, 3.8) is 0 Å². The molecule has 0 saturated carbocycles. The summed E-state index contributed by atoms with van der Waals surface area (Å²) >= 11 is 0. The molecule has 5 rings (SSSR count). The quantitative estimate of drug-likeness (QED) is 0.476. The van der Waals surface area contributed by atoms with Crippen molar-refractivity contribution >= 4 is 53.0 Å². The van der Waals surface area contributed by atoms with Crippen molar-refractivity contribution in [2.24, 2.45) is 7.05 Å². The number of aromatic nitrogens is 2. The van der Waals surface area contributed by atoms with Crippen molar-refractivity contribution in [1.82, 2.24) is 29.2 Å². The van der Waals surface area contributed by atoms with Crippen LogP contribution in [0.15, 0.2) is 48.7 Å². The Bertz CT molecular complexity index is 1410. The number of nitrogens with zero attached hydrogens (tertiary/aromatic N) is 6. The van der Waals surface area contributed by atoms with E-state index in [2.05, 4.69) is 38.0 Å². The third-order valence-electron chi connectivity index (χ3n) is 7.29. The van der Waals surface area contributed by atoms with Gasteiger partial charge in [-0.25, -0.2) is 9.78 Å². The fourth-order valence-electron chi connectivity index (χ4n) is 4.87. The summed E-state index contributed by atoms with van der Waals surface area (Å²) in [5.41, 5.74) is 3.73. The van der Waals surface area contributed by atoms with E-state index < -0.39 is 0 Å². The molecule has 2 aromatic heterocycles. The molecule has 206 valence electrons. The van der Waals surface area contributed by atoms with Gasteiger partial charge in [0.05, 0.1) is 13.1 Å². The van der Waals surface area contributed by atoms with Crippen molar-refractivity contribution in [3.05, 3.63) is 65.5 Å². The normalized spacial score (nSPS) is 15.7. The topological polar surface area (TPSA) is 94.0 Å². The lowest BCUT2D eigenvalue weighted by Gasteiger charge is -2.35. The second-order valence-corrected chi connectivity index (χ2v) is 10.0. The summed E-state index contributed by atoms with van der Waals surface area (Å²) in [5, 5.41) is 3.92. The van der Waals surface area contributed by atoms with Crippen LogP contribution < -0.4 is 5.32 Å². The third kappa shape index (κ3) is 6.23. The number of urea groups is 1. The molecule has 0 bridgehead atoms. The molecule has 10 nitrogen and oxygen atoms in total. The molecule has 4 heterocycles. The van der Waals surface area contributed by atoms with Crippen LogP contribution in [0.3, 0.4) is 0 Å². The minimum atomic E-state index is -0.332. The molecule has 11 heteroatoms. The summed E-state index contributed by atoms with van der Waals surface area (Å²) in [5.74, 6) is 0.302. The van der Waals surface area contributed by atoms with E-state index in [-0.39, 0.29) is 43.3 Å². The lowest BCUT2D eigenvalue weighted by Crippen LogP contribution is -2.51. The third-order valence-corrected chi connectivity index (χ3v) is 7.29. The largest absolute Gasteiger partial charge is 0.346 e. The Morgan fingerprint density at radius 1 is 1.10 bits per heavy atom. The molecule has 4 amide bonds. The number of halogens is 1. The summed E-state index contributed by atoms with van der Waals surface area (Å²) in [6, 6.07) is 11.8. The van der Waals surface area contributed by atoms with Gasteiger partial charge in [-0.1, -0.05) is 18.2 Å². The standard InChI is InChI=1S/C28H33N7O3.ClH/c1-31-10-12-34(13-11-31)26(37)19-35-17-22-14-20(16-29-27(22)30-28(35)38)8-9-25(36)32(2)18-23-15-21-6-4-5-7-24(21)33(23)3;/h4-9,14-16H,10-13,17-19H2,1-3H3,(H,29,30,38);1H/b9-8+;. The number of hydrogen-bond acceptors (Lipinski definition) is 5. The van der Waals surface area contributed by atoms with Gasteiger partial charge in [0.2, 0.25) is 11.8 Å². The van der Waals surface area contributed by atoms with Gasteiger partial charge in [-0.3, -0.25) is 14.9 Å². The zero-order valence-electron chi connectivity index (χ0n) is 22.5. The lowest BCUT2D eigenvalue weighted by molar-refractivity contribution is -0.133. The van der Waals surface area contributed by atoms with Crippen molar-refractivity contribution in [2.75, 3.05) is 52.1 Å². The summed E-state index contributed by atoms with van der Waals surface area (Å²) in [6.45, 7) is 3.78. The van der Waals surface area contributed by atoms with Gasteiger partial charge in [0, 0.05) is 69.3 Å². The minimum Gasteiger partial charge on any atom is -0.346 e. The Morgan fingerprint density at radius 2 is 1.85 bits per heavy atom. The molecule has 1 N–H and O–H groups in total. The van der Waals surface area contributed by atoms with Gasteiger partial charge in [0.15, 0.2) is 0 Å². The van der Waals surface area contributed by atoms with Crippen LogP contribution in [0.4, 0.5) is 10.6 Å². The molecule has 1 fully saturated rings. The van der Waals surface area contributed by atoms with Crippen LogP contribution in [0.1, 0.15) is 16.8 Å². The summed E-state index contributed by atoms with van der Waals surface area (Å²) < 4.78 is 2.10. The molecule has 0 aliphatic carbocycles. The number of fused-ring (bicyclic) bond motifs is 2. The van der Waals surface area contributed by atoms with E-state index in [0.29, 0.717) is 25.5 Å². The van der Waals surface area contributed by atoms with Crippen molar-refractivity contribution < 1.29 is 14.4 Å². The number of para-hydroxylation sites is 1. The first-order chi connectivity index (χ1) is 18.3. The van der Waals surface area contributed by atoms with Gasteiger partial charge in [-0.05, 0) is 42.3 Å². The zero-order chi connectivity index (χ0) is 26.8. The van der Waals surface area contributed by atoms with E-state index in [1.54, 1.807) is 29.1 Å². The fourth-order valence-corrected chi connectivity index (χ4v) is 4.87. The monoisotopic (exact) mass is 551 g/mol. The predicted molar refractivity (Wildman–Crippen MR) is 153 cm³/mol. The minimum absolute atomic E-state index is 0. The SMILES string of the molecule is CN1CCN(C(=O)CN2Cc3cc(/C=C/C(=O)N(C)Cc4cc5ccccc5n4C)cnc3NC2=O)CC1.Cl. The van der Waals surface area contributed by atoms with Crippen molar-refractivity contribution in [3.8, 4) is 0 Å². The number of hydrogen-bond donors (Lipinski definition) is 1. The van der Waals surface area contributed by atoms with Gasteiger partial charge in [-0.15, -0.1) is 12.4 Å². The zero-order valence-corrected chi connectivity index (χ0v) is 23.3. The van der Waals surface area contributed by atoms with E-state index in [1.165, 1.54) is 11.0 Å². The van der Waals surface area contributed by atoms with Gasteiger partial charge in [-0.2, -0.15) is 0 Å². The number of pyridine rings is 1. The number of benzene rings is 1. The summed E-state index contributed by atoms with van der Waals surface area (Å²) in [6.07, 6.45) is 4.88. The Morgan fingerprint density at radius 3 is 2.59 bits per heavy atom. The van der Waals surface area contributed by atoms with E-state index in [4.69, 9.17) is 0 Å². The van der Waals surface area contributed by atoms with Gasteiger partial charge in [0.25, 0.3) is 0 Å². The summed E-state index contributed by atoms with van der Waals surface area (Å²) in [4.78, 5) is 49.7. The van der Waals surface area contributed by atoms with Crippen LogP contribution in [-0.4, -0.2) is 93.8 Å². The number of likely N-dealkylation sites (N-methyl/N-ethyl adjacent to an activating group) is 2. The number of carbonyl (C=O) groups excluding carboxylic acids is 3. The van der Waals surface area contributed by atoms with Gasteiger partial charge < -0.3 is 24.2 Å². The Kier molecular flexibility index (Phi) is 8.57. The maximum Gasteiger partial charge on any atom is 0.323 e. The van der Waals surface area contributed by atoms with E-state index in [0.717, 1.165) is 40.8 Å². The predicted octanol–water partition coefficient (Wildman–Crippen LogP) is 2.79. The molecule has 1 saturated heterocycles. The van der Waals surface area contributed by atoms with Crippen LogP contribution in [-0.2, 0) is 29.7 Å². The maximum atomic E-state index is 12.8. The molecule has 0 spiro atoms. The number of amides is 4. The van der Waals surface area contributed by atoms with Crippen LogP contribution in [0.5, 0.6) is 0 Å². The molecule has 1 aromatic carbocycles. The average Bonchev–Trinajstić information content (AvgIpc) is 3.23. The molecule has 3 aromatic rings. The fraction of sp³-hybridized carbons (Fsp3) is 0.357. The van der Waals surface area contributed by atoms with Crippen molar-refractivity contribution in [2.45, 2.75) is 13.1 Å². The number of piperazine rings is 1. The molecule has 0 atom stereocenters. The summed E-state index contributed by atoms with van der Waals surface area (Å²) in [7, 11) is 5.82. The molecule has 39 heavy (non-hydrogen) atoms. The first-order valence-electron chi connectivity index (χ1n) is 12.8. The molecular weight excluding hydrogens is 518 g/mol. The molecule has 2 aliphatic heterocycles. The highest BCUT2D eigenvalue weighted by atomic mass is 35.5. The van der Waals surface area contributed by atoms with Crippen LogP contribution in [0.2, 0.25) is 0 Å². The first kappa shape index (κ1) is 28.1. The number of nitrogens with one attached hydrogen (secondary N) is 1. The molecule has 2 aliphatic rings. The van der Waals surface area contributed by atoms with Crippen LogP contribution in [0.25, 0.3) is 17.0 Å². The first-order valence-corrected chi connectivity index (χ1v) is 12.8. The van der Waals surface area contributed by atoms with E-state index in [9.17, 15) is 14.4 Å². The lowest BCUT2D eigenvalue weighted by atomic mass is 10.1. The number of anilines is 1. The van der Waals surface area contributed by atoms with E-state index in [1.807, 2.05) is 32.3 Å². The highest BCUT2D eigenvalue weighted by Crippen LogP contribution is 2.23. The van der Waals surface area contributed by atoms with Crippen LogP contribution >= 0.6 is 12.4 Å². The Balaban J connectivity index is 0.00000353. The number of carbonyl (C=O) groups is 3. The molecule has 0 radical (unpaired) electrons. The Labute approximate surface area is 234 Å². The average molecular weight is 552 g/mol. The van der Waals surface area contributed by atoms with Gasteiger partial charge in [0.1, 0.15) is 12.4 Å². The Hall–Kier alpha value is -3.89. The second kappa shape index (κ2) is 11.9. The van der Waals surface area contributed by atoms with Crippen LogP contribution in [0, 0.1) is 0 Å². The number of rotatable bonds is 6. The highest BCUT2D eigenvalue weighted by molar-refractivity contribution is 5.94. The second-order valence-electron chi connectivity index (χ2n) is 10.0. The van der Waals surface area contributed by atoms with Gasteiger partial charge >= 0.3 is 6.03 Å². The molecule has 0 unspecified atom stereocenters. The maximum absolute atomic E-state index is 12.8. The smallest absolute Gasteiger partial charge is 0.323 e. The number of aryl methyl sites for hydroxylation is 1. The highest BCUT2D eigenvalue weighted by Gasteiger charge is 2.28. The van der Waals surface area contributed by atoms with Crippen molar-refractivity contribution in [1.29, 1.82) is 0 Å².